The van der Waals surface area contributed by atoms with Crippen LogP contribution in [0.25, 0.3) is 6.08 Å². The number of allylic oxidation sites excluding steroid dienone is 1. The van der Waals surface area contributed by atoms with Crippen molar-refractivity contribution in [1.29, 1.82) is 0 Å². The smallest absolute Gasteiger partial charge is 0.340 e. The summed E-state index contributed by atoms with van der Waals surface area (Å²) >= 11 is 0. The summed E-state index contributed by atoms with van der Waals surface area (Å²) in [5, 5.41) is 0. The van der Waals surface area contributed by atoms with Crippen molar-refractivity contribution < 1.29 is 23.0 Å². The standard InChI is InChI=1S/C14H18FNO4S/c1-3-5-10-8-11(14(17)20-2)13(15)12(9-10)16-6-4-7-21(16,18)19/h3,5,8-9,18-19H,4,6-7H2,1-2H3/b5-3+. The number of carbonyl (C=O) groups excluding carboxylic acids is 1. The number of hydrogen-bond acceptors (Lipinski definition) is 5. The van der Waals surface area contributed by atoms with Crippen LogP contribution in [-0.4, -0.2) is 34.5 Å². The summed E-state index contributed by atoms with van der Waals surface area (Å²) in [5.41, 5.74) is 0.394. The third-order valence-corrected chi connectivity index (χ3v) is 5.16. The highest BCUT2D eigenvalue weighted by Gasteiger charge is 2.32. The zero-order chi connectivity index (χ0) is 15.6. The number of methoxy groups -OCH3 is 1. The van der Waals surface area contributed by atoms with Crippen molar-refractivity contribution in [1.82, 2.24) is 0 Å². The SMILES string of the molecule is C/C=C/c1cc(C(=O)OC)c(F)c(N2CCCS2(O)O)c1. The van der Waals surface area contributed by atoms with Crippen molar-refractivity contribution in [2.24, 2.45) is 0 Å². The van der Waals surface area contributed by atoms with Gasteiger partial charge < -0.3 is 4.74 Å². The Morgan fingerprint density at radius 3 is 2.71 bits per heavy atom. The minimum Gasteiger partial charge on any atom is -0.465 e. The molecule has 21 heavy (non-hydrogen) atoms. The van der Waals surface area contributed by atoms with Crippen LogP contribution in [0.5, 0.6) is 0 Å². The predicted molar refractivity (Wildman–Crippen MR) is 82.1 cm³/mol. The second kappa shape index (κ2) is 6.05. The Morgan fingerprint density at radius 2 is 2.19 bits per heavy atom. The van der Waals surface area contributed by atoms with Crippen LogP contribution in [0.3, 0.4) is 0 Å². The van der Waals surface area contributed by atoms with E-state index in [4.69, 9.17) is 0 Å². The van der Waals surface area contributed by atoms with Gasteiger partial charge in [-0.15, -0.1) is 10.8 Å². The van der Waals surface area contributed by atoms with Crippen LogP contribution in [0.15, 0.2) is 18.2 Å². The highest BCUT2D eigenvalue weighted by molar-refractivity contribution is 8.25. The number of esters is 1. The molecule has 0 radical (unpaired) electrons. The lowest BCUT2D eigenvalue weighted by Gasteiger charge is -2.38. The van der Waals surface area contributed by atoms with Gasteiger partial charge in [0.2, 0.25) is 0 Å². The van der Waals surface area contributed by atoms with Gasteiger partial charge in [0.05, 0.1) is 24.1 Å². The number of ether oxygens (including phenoxy) is 1. The largest absolute Gasteiger partial charge is 0.465 e. The molecule has 7 heteroatoms. The van der Waals surface area contributed by atoms with Gasteiger partial charge in [0.1, 0.15) is 0 Å². The minimum absolute atomic E-state index is 0.0171. The van der Waals surface area contributed by atoms with E-state index in [2.05, 4.69) is 4.74 Å². The molecule has 0 saturated carbocycles. The topological polar surface area (TPSA) is 70.0 Å². The predicted octanol–water partition coefficient (Wildman–Crippen LogP) is 3.52. The van der Waals surface area contributed by atoms with Crippen LogP contribution in [0.1, 0.15) is 29.3 Å². The molecule has 0 aromatic heterocycles. The fourth-order valence-corrected chi connectivity index (χ4v) is 3.90. The first-order valence-corrected chi connectivity index (χ1v) is 8.16. The molecule has 1 aromatic carbocycles. The first-order chi connectivity index (χ1) is 9.90. The van der Waals surface area contributed by atoms with Crippen LogP contribution in [0.4, 0.5) is 10.1 Å². The van der Waals surface area contributed by atoms with Gasteiger partial charge in [0, 0.05) is 6.54 Å². The number of carbonyl (C=O) groups is 1. The maximum atomic E-state index is 14.5. The van der Waals surface area contributed by atoms with E-state index in [0.717, 1.165) is 0 Å². The second-order valence-electron chi connectivity index (χ2n) is 4.69. The van der Waals surface area contributed by atoms with E-state index in [9.17, 15) is 18.3 Å². The Labute approximate surface area is 124 Å². The molecule has 0 aliphatic carbocycles. The van der Waals surface area contributed by atoms with E-state index in [1.807, 2.05) is 0 Å². The van der Waals surface area contributed by atoms with E-state index in [0.29, 0.717) is 18.5 Å². The van der Waals surface area contributed by atoms with Gasteiger partial charge in [0.25, 0.3) is 0 Å². The average Bonchev–Trinajstić information content (AvgIpc) is 2.79. The molecule has 2 N–H and O–H groups in total. The minimum atomic E-state index is -3.03. The molecule has 116 valence electrons. The summed E-state index contributed by atoms with van der Waals surface area (Å²) in [6.07, 6.45) is 4.01. The fraction of sp³-hybridized carbons (Fsp3) is 0.357. The Morgan fingerprint density at radius 1 is 1.48 bits per heavy atom. The van der Waals surface area contributed by atoms with Crippen LogP contribution in [0, 0.1) is 5.82 Å². The van der Waals surface area contributed by atoms with Crippen molar-refractivity contribution in [3.05, 3.63) is 35.2 Å². The van der Waals surface area contributed by atoms with Gasteiger partial charge in [-0.25, -0.2) is 9.18 Å². The van der Waals surface area contributed by atoms with Crippen molar-refractivity contribution in [3.8, 4) is 0 Å². The third-order valence-electron chi connectivity index (χ3n) is 3.24. The van der Waals surface area contributed by atoms with Crippen molar-refractivity contribution in [2.45, 2.75) is 13.3 Å². The molecule has 2 rings (SSSR count). The maximum Gasteiger partial charge on any atom is 0.340 e. The monoisotopic (exact) mass is 315 g/mol. The molecule has 1 heterocycles. The van der Waals surface area contributed by atoms with E-state index >= 15 is 0 Å². The van der Waals surface area contributed by atoms with Gasteiger partial charge >= 0.3 is 5.97 Å². The molecule has 1 aromatic rings. The second-order valence-corrected chi connectivity index (χ2v) is 6.80. The Bertz CT molecular complexity index is 589. The lowest BCUT2D eigenvalue weighted by Crippen LogP contribution is -2.24. The van der Waals surface area contributed by atoms with Gasteiger partial charge in [-0.2, -0.15) is 0 Å². The molecular weight excluding hydrogens is 297 g/mol. The molecule has 0 spiro atoms. The molecule has 5 nitrogen and oxygen atoms in total. The molecule has 1 aliphatic heterocycles. The van der Waals surface area contributed by atoms with Gasteiger partial charge in [0.15, 0.2) is 5.82 Å². The molecule has 1 aliphatic rings. The van der Waals surface area contributed by atoms with E-state index < -0.39 is 22.6 Å². The van der Waals surface area contributed by atoms with Gasteiger partial charge in [-0.1, -0.05) is 12.2 Å². The number of hydrogen-bond donors (Lipinski definition) is 2. The summed E-state index contributed by atoms with van der Waals surface area (Å²) in [4.78, 5) is 11.7. The zero-order valence-corrected chi connectivity index (χ0v) is 12.7. The van der Waals surface area contributed by atoms with Crippen LogP contribution < -0.4 is 4.31 Å². The van der Waals surface area contributed by atoms with E-state index in [1.165, 1.54) is 23.5 Å². The highest BCUT2D eigenvalue weighted by Crippen LogP contribution is 2.52. The molecule has 1 saturated heterocycles. The first kappa shape index (κ1) is 15.8. The fourth-order valence-electron chi connectivity index (χ4n) is 2.30. The molecular formula is C14H18FNO4S. The number of benzene rings is 1. The summed E-state index contributed by atoms with van der Waals surface area (Å²) in [6.45, 7) is 2.13. The van der Waals surface area contributed by atoms with E-state index in [1.54, 1.807) is 19.1 Å². The number of nitrogens with zero attached hydrogens (tertiary/aromatic N) is 1. The molecule has 0 unspecified atom stereocenters. The Hall–Kier alpha value is -1.57. The average molecular weight is 315 g/mol. The zero-order valence-electron chi connectivity index (χ0n) is 11.9. The Kier molecular flexibility index (Phi) is 4.55. The Balaban J connectivity index is 2.59. The van der Waals surface area contributed by atoms with Gasteiger partial charge in [-0.3, -0.25) is 13.4 Å². The van der Waals surface area contributed by atoms with Crippen molar-refractivity contribution in [3.63, 3.8) is 0 Å². The third kappa shape index (κ3) is 3.04. The maximum absolute atomic E-state index is 14.5. The van der Waals surface area contributed by atoms with Crippen LogP contribution in [0.2, 0.25) is 0 Å². The number of anilines is 1. The molecule has 0 atom stereocenters. The van der Waals surface area contributed by atoms with Crippen molar-refractivity contribution >= 4 is 28.5 Å². The van der Waals surface area contributed by atoms with Crippen molar-refractivity contribution in [2.75, 3.05) is 23.7 Å². The quantitative estimate of drug-likeness (QED) is 0.835. The molecule has 0 bridgehead atoms. The molecule has 0 amide bonds. The summed E-state index contributed by atoms with van der Waals surface area (Å²) in [6, 6.07) is 2.88. The highest BCUT2D eigenvalue weighted by atomic mass is 32.3. The first-order valence-electron chi connectivity index (χ1n) is 6.49. The van der Waals surface area contributed by atoms with E-state index in [-0.39, 0.29) is 17.0 Å². The van der Waals surface area contributed by atoms with Crippen LogP contribution in [-0.2, 0) is 4.74 Å². The van der Waals surface area contributed by atoms with Gasteiger partial charge in [-0.05, 0) is 31.0 Å². The lowest BCUT2D eigenvalue weighted by molar-refractivity contribution is 0.0595. The normalized spacial score (nSPS) is 19.0. The summed E-state index contributed by atoms with van der Waals surface area (Å²) in [5.74, 6) is -1.39. The number of halogens is 1. The lowest BCUT2D eigenvalue weighted by atomic mass is 10.1. The summed E-state index contributed by atoms with van der Waals surface area (Å²) in [7, 11) is -1.85. The molecule has 1 fully saturated rings. The number of rotatable bonds is 3. The summed E-state index contributed by atoms with van der Waals surface area (Å²) < 4.78 is 40.4. The van der Waals surface area contributed by atoms with Crippen LogP contribution >= 0.6 is 10.8 Å².